The van der Waals surface area contributed by atoms with E-state index < -0.39 is 0 Å². The van der Waals surface area contributed by atoms with Crippen LogP contribution in [-0.2, 0) is 6.67 Å². The maximum absolute atomic E-state index is 12.7. The Kier molecular flexibility index (Phi) is 7.64. The summed E-state index contributed by atoms with van der Waals surface area (Å²) in [5, 5.41) is 4.92. The van der Waals surface area contributed by atoms with E-state index in [1.54, 1.807) is 7.11 Å². The van der Waals surface area contributed by atoms with Gasteiger partial charge in [-0.15, -0.1) is 5.10 Å². The second-order valence-electron chi connectivity index (χ2n) is 8.21. The molecule has 0 spiro atoms. The van der Waals surface area contributed by atoms with Gasteiger partial charge < -0.3 is 14.5 Å². The van der Waals surface area contributed by atoms with E-state index >= 15 is 0 Å². The van der Waals surface area contributed by atoms with E-state index in [2.05, 4.69) is 4.90 Å². The first kappa shape index (κ1) is 24.0. The molecule has 1 fully saturated rings. The average molecular weight is 481 g/mol. The fraction of sp³-hybridized carbons (Fsp3) is 0.400. The molecule has 0 N–H and O–H groups in total. The van der Waals surface area contributed by atoms with Crippen molar-refractivity contribution in [1.82, 2.24) is 29.0 Å². The number of ether oxygens (including phenoxy) is 1. The molecule has 0 unspecified atom stereocenters. The smallest absolute Gasteiger partial charge is 0.320 e. The van der Waals surface area contributed by atoms with Crippen LogP contribution in [0.4, 0.5) is 4.79 Å². The van der Waals surface area contributed by atoms with Gasteiger partial charge in [-0.2, -0.15) is 0 Å². The zero-order valence-corrected chi connectivity index (χ0v) is 20.9. The van der Waals surface area contributed by atoms with E-state index in [0.717, 1.165) is 49.0 Å². The van der Waals surface area contributed by atoms with Crippen LogP contribution in [0.25, 0.3) is 17.1 Å². The molecular formula is C25H32N6O2S. The third-order valence-corrected chi connectivity index (χ3v) is 6.59. The van der Waals surface area contributed by atoms with Gasteiger partial charge >= 0.3 is 6.03 Å². The Morgan fingerprint density at radius 2 is 1.74 bits per heavy atom. The number of piperazine rings is 1. The molecule has 3 aromatic rings. The summed E-state index contributed by atoms with van der Waals surface area (Å²) in [6.45, 7) is 9.02. The predicted molar refractivity (Wildman–Crippen MR) is 136 cm³/mol. The lowest BCUT2D eigenvalue weighted by Crippen LogP contribution is -2.53. The molecule has 0 aliphatic carbocycles. The SMILES string of the molecule is CCN(CC)C(=O)N1CCN(Cn2nc(-c3cccc(OC)c3)n(-c3ccccc3)c2=S)CC1. The standard InChI is InChI=1S/C25H32N6O2S/c1-4-28(5-2)24(32)29-16-14-27(15-17-29)19-30-25(34)31(21-11-7-6-8-12-21)23(26-30)20-10-9-13-22(18-20)33-3/h6-13,18H,4-5,14-17,19H2,1-3H3. The summed E-state index contributed by atoms with van der Waals surface area (Å²) in [4.78, 5) is 18.8. The number of aromatic nitrogens is 3. The van der Waals surface area contributed by atoms with E-state index in [9.17, 15) is 4.79 Å². The van der Waals surface area contributed by atoms with Gasteiger partial charge in [0.15, 0.2) is 5.82 Å². The lowest BCUT2D eigenvalue weighted by Gasteiger charge is -2.36. The number of methoxy groups -OCH3 is 1. The molecule has 0 atom stereocenters. The van der Waals surface area contributed by atoms with Crippen molar-refractivity contribution in [1.29, 1.82) is 0 Å². The number of amides is 2. The van der Waals surface area contributed by atoms with Gasteiger partial charge in [-0.05, 0) is 50.3 Å². The Morgan fingerprint density at radius 1 is 1.03 bits per heavy atom. The summed E-state index contributed by atoms with van der Waals surface area (Å²) in [6, 6.07) is 18.0. The van der Waals surface area contributed by atoms with E-state index in [-0.39, 0.29) is 6.03 Å². The molecule has 180 valence electrons. The number of hydrogen-bond acceptors (Lipinski definition) is 5. The highest BCUT2D eigenvalue weighted by atomic mass is 32.1. The fourth-order valence-corrected chi connectivity index (χ4v) is 4.51. The molecule has 2 amide bonds. The maximum atomic E-state index is 12.7. The molecule has 1 aliphatic rings. The summed E-state index contributed by atoms with van der Waals surface area (Å²) in [7, 11) is 1.66. The van der Waals surface area contributed by atoms with Crippen molar-refractivity contribution >= 4 is 18.2 Å². The monoisotopic (exact) mass is 480 g/mol. The highest BCUT2D eigenvalue weighted by molar-refractivity contribution is 7.71. The van der Waals surface area contributed by atoms with Crippen molar-refractivity contribution in [3.05, 3.63) is 59.4 Å². The number of urea groups is 1. The van der Waals surface area contributed by atoms with Crippen molar-refractivity contribution in [3.63, 3.8) is 0 Å². The molecule has 0 saturated carbocycles. The summed E-state index contributed by atoms with van der Waals surface area (Å²) in [5.74, 6) is 1.54. The van der Waals surface area contributed by atoms with Gasteiger partial charge in [0.1, 0.15) is 5.75 Å². The van der Waals surface area contributed by atoms with Crippen LogP contribution in [0.3, 0.4) is 0 Å². The van der Waals surface area contributed by atoms with Crippen molar-refractivity contribution in [2.45, 2.75) is 20.5 Å². The number of benzene rings is 2. The summed E-state index contributed by atoms with van der Waals surface area (Å²) in [6.07, 6.45) is 0. The molecule has 2 heterocycles. The van der Waals surface area contributed by atoms with Crippen molar-refractivity contribution in [2.24, 2.45) is 0 Å². The number of rotatable bonds is 7. The van der Waals surface area contributed by atoms with E-state index in [0.29, 0.717) is 24.5 Å². The Hall–Kier alpha value is -3.17. The molecule has 1 aliphatic heterocycles. The van der Waals surface area contributed by atoms with Crippen LogP contribution >= 0.6 is 12.2 Å². The second-order valence-corrected chi connectivity index (χ2v) is 8.58. The molecule has 2 aromatic carbocycles. The maximum Gasteiger partial charge on any atom is 0.320 e. The second kappa shape index (κ2) is 10.8. The summed E-state index contributed by atoms with van der Waals surface area (Å²) >= 11 is 5.89. The van der Waals surface area contributed by atoms with Gasteiger partial charge in [0.2, 0.25) is 4.77 Å². The predicted octanol–water partition coefficient (Wildman–Crippen LogP) is 4.12. The van der Waals surface area contributed by atoms with Gasteiger partial charge in [-0.3, -0.25) is 9.47 Å². The van der Waals surface area contributed by atoms with Crippen LogP contribution < -0.4 is 4.74 Å². The van der Waals surface area contributed by atoms with Crippen molar-refractivity contribution < 1.29 is 9.53 Å². The van der Waals surface area contributed by atoms with Crippen LogP contribution in [0.5, 0.6) is 5.75 Å². The van der Waals surface area contributed by atoms with Crippen LogP contribution in [0.1, 0.15) is 13.8 Å². The molecule has 34 heavy (non-hydrogen) atoms. The first-order valence-electron chi connectivity index (χ1n) is 11.7. The van der Waals surface area contributed by atoms with Gasteiger partial charge in [0, 0.05) is 50.5 Å². The summed E-state index contributed by atoms with van der Waals surface area (Å²) < 4.78 is 9.94. The number of carbonyl (C=O) groups is 1. The van der Waals surface area contributed by atoms with E-state index in [4.69, 9.17) is 22.1 Å². The Labute approximate surface area is 206 Å². The largest absolute Gasteiger partial charge is 0.497 e. The van der Waals surface area contributed by atoms with Gasteiger partial charge in [0.25, 0.3) is 0 Å². The zero-order chi connectivity index (χ0) is 24.1. The van der Waals surface area contributed by atoms with Crippen molar-refractivity contribution in [3.8, 4) is 22.8 Å². The quantitative estimate of drug-likeness (QED) is 0.476. The highest BCUT2D eigenvalue weighted by Gasteiger charge is 2.25. The van der Waals surface area contributed by atoms with E-state index in [1.165, 1.54) is 0 Å². The average Bonchev–Trinajstić information content (AvgIpc) is 3.21. The minimum Gasteiger partial charge on any atom is -0.497 e. The number of hydrogen-bond donors (Lipinski definition) is 0. The van der Waals surface area contributed by atoms with Gasteiger partial charge in [-0.25, -0.2) is 9.48 Å². The third kappa shape index (κ3) is 5.00. The minimum atomic E-state index is 0.120. The molecule has 8 nitrogen and oxygen atoms in total. The van der Waals surface area contributed by atoms with Crippen LogP contribution in [0.15, 0.2) is 54.6 Å². The zero-order valence-electron chi connectivity index (χ0n) is 20.1. The van der Waals surface area contributed by atoms with Crippen LogP contribution in [-0.4, -0.2) is 81.5 Å². The lowest BCUT2D eigenvalue weighted by atomic mass is 10.2. The third-order valence-electron chi connectivity index (χ3n) is 6.19. The normalized spacial score (nSPS) is 14.3. The minimum absolute atomic E-state index is 0.120. The molecule has 9 heteroatoms. The van der Waals surface area contributed by atoms with E-state index in [1.807, 2.05) is 87.5 Å². The van der Waals surface area contributed by atoms with Crippen molar-refractivity contribution in [2.75, 3.05) is 46.4 Å². The fourth-order valence-electron chi connectivity index (χ4n) is 4.22. The first-order chi connectivity index (χ1) is 16.5. The molecule has 0 radical (unpaired) electrons. The molecule has 1 saturated heterocycles. The number of para-hydroxylation sites is 1. The Bertz CT molecular complexity index is 1160. The molecule has 4 rings (SSSR count). The van der Waals surface area contributed by atoms with Crippen LogP contribution in [0.2, 0.25) is 0 Å². The molecular weight excluding hydrogens is 448 g/mol. The Morgan fingerprint density at radius 3 is 2.38 bits per heavy atom. The Balaban J connectivity index is 1.58. The van der Waals surface area contributed by atoms with Crippen LogP contribution in [0, 0.1) is 4.77 Å². The first-order valence-corrected chi connectivity index (χ1v) is 12.1. The topological polar surface area (TPSA) is 58.8 Å². The lowest BCUT2D eigenvalue weighted by molar-refractivity contribution is 0.0969. The van der Waals surface area contributed by atoms with Gasteiger partial charge in [0.05, 0.1) is 13.8 Å². The summed E-state index contributed by atoms with van der Waals surface area (Å²) in [5.41, 5.74) is 1.90. The molecule has 1 aromatic heterocycles. The number of nitrogens with zero attached hydrogens (tertiary/aromatic N) is 6. The highest BCUT2D eigenvalue weighted by Crippen LogP contribution is 2.26. The number of carbonyl (C=O) groups excluding carboxylic acids is 1. The molecule has 0 bridgehead atoms. The van der Waals surface area contributed by atoms with Gasteiger partial charge in [-0.1, -0.05) is 30.3 Å².